The first-order chi connectivity index (χ1) is 8.15. The van der Waals surface area contributed by atoms with E-state index < -0.39 is 5.76 Å². The summed E-state index contributed by atoms with van der Waals surface area (Å²) in [5.74, 6) is -0.442. The van der Waals surface area contributed by atoms with Crippen LogP contribution < -0.4 is 16.4 Å². The Balaban J connectivity index is 2.08. The molecule has 1 fully saturated rings. The molecular weight excluding hydrogens is 218 g/mol. The van der Waals surface area contributed by atoms with Crippen molar-refractivity contribution >= 4 is 22.5 Å². The Morgan fingerprint density at radius 3 is 2.88 bits per heavy atom. The number of nitrogen functional groups attached to an aromatic ring is 1. The molecular formula is C12H15N3O2. The van der Waals surface area contributed by atoms with Crippen LogP contribution in [0.5, 0.6) is 0 Å². The standard InChI is InChI=1S/C12H15N3O2/c1-15(7-3-2-4-7)10-6-9-11(5-8(10)13)17-12(16)14-9/h5-7H,2-4,13H2,1H3,(H,14,16). The fourth-order valence-corrected chi connectivity index (χ4v) is 2.28. The second-order valence-electron chi connectivity index (χ2n) is 4.62. The summed E-state index contributed by atoms with van der Waals surface area (Å²) in [4.78, 5) is 15.9. The summed E-state index contributed by atoms with van der Waals surface area (Å²) in [7, 11) is 2.04. The van der Waals surface area contributed by atoms with Crippen LogP contribution in [0.4, 0.5) is 11.4 Å². The molecule has 1 heterocycles. The van der Waals surface area contributed by atoms with Crippen LogP contribution >= 0.6 is 0 Å². The SMILES string of the molecule is CN(c1cc2[nH]c(=O)oc2cc1N)C1CCC1. The number of H-pyrrole nitrogens is 1. The third-order valence-electron chi connectivity index (χ3n) is 3.57. The van der Waals surface area contributed by atoms with Crippen molar-refractivity contribution in [2.24, 2.45) is 0 Å². The maximum atomic E-state index is 11.1. The second kappa shape index (κ2) is 3.55. The number of benzene rings is 1. The molecule has 0 unspecified atom stereocenters. The molecule has 5 heteroatoms. The summed E-state index contributed by atoms with van der Waals surface area (Å²) in [6, 6.07) is 4.15. The fraction of sp³-hybridized carbons (Fsp3) is 0.417. The molecule has 1 aromatic carbocycles. The highest BCUT2D eigenvalue weighted by Gasteiger charge is 2.24. The summed E-state index contributed by atoms with van der Waals surface area (Å²) in [5.41, 5.74) is 8.81. The molecule has 0 radical (unpaired) electrons. The van der Waals surface area contributed by atoms with Crippen LogP contribution in [0.2, 0.25) is 0 Å². The molecule has 0 aliphatic heterocycles. The summed E-state index contributed by atoms with van der Waals surface area (Å²) in [6.45, 7) is 0. The molecule has 0 spiro atoms. The average molecular weight is 233 g/mol. The van der Waals surface area contributed by atoms with E-state index in [2.05, 4.69) is 9.88 Å². The van der Waals surface area contributed by atoms with Gasteiger partial charge < -0.3 is 15.1 Å². The molecule has 2 aromatic rings. The second-order valence-corrected chi connectivity index (χ2v) is 4.62. The van der Waals surface area contributed by atoms with Gasteiger partial charge in [-0.3, -0.25) is 4.98 Å². The average Bonchev–Trinajstić information content (AvgIpc) is 2.53. The zero-order valence-electron chi connectivity index (χ0n) is 9.69. The Bertz CT molecular complexity index is 610. The molecule has 1 aliphatic rings. The molecule has 0 bridgehead atoms. The van der Waals surface area contributed by atoms with Crippen LogP contribution in [-0.2, 0) is 0 Å². The molecule has 0 atom stereocenters. The van der Waals surface area contributed by atoms with E-state index in [-0.39, 0.29) is 0 Å². The number of anilines is 2. The summed E-state index contributed by atoms with van der Waals surface area (Å²) in [6.07, 6.45) is 3.69. The Hall–Kier alpha value is -1.91. The molecule has 1 aliphatic carbocycles. The molecule has 90 valence electrons. The summed E-state index contributed by atoms with van der Waals surface area (Å²) in [5, 5.41) is 0. The lowest BCUT2D eigenvalue weighted by Gasteiger charge is -2.36. The Morgan fingerprint density at radius 1 is 1.47 bits per heavy atom. The molecule has 3 rings (SSSR count). The van der Waals surface area contributed by atoms with Gasteiger partial charge in [-0.05, 0) is 25.3 Å². The minimum Gasteiger partial charge on any atom is -0.408 e. The van der Waals surface area contributed by atoms with Crippen molar-refractivity contribution in [1.29, 1.82) is 0 Å². The van der Waals surface area contributed by atoms with Gasteiger partial charge in [0.15, 0.2) is 5.58 Å². The van der Waals surface area contributed by atoms with Crippen LogP contribution in [-0.4, -0.2) is 18.1 Å². The molecule has 3 N–H and O–H groups in total. The van der Waals surface area contributed by atoms with E-state index in [1.54, 1.807) is 6.07 Å². The van der Waals surface area contributed by atoms with Crippen molar-refractivity contribution in [3.63, 3.8) is 0 Å². The lowest BCUT2D eigenvalue weighted by molar-refractivity contribution is 0.401. The minimum absolute atomic E-state index is 0.442. The van der Waals surface area contributed by atoms with Crippen molar-refractivity contribution in [3.8, 4) is 0 Å². The van der Waals surface area contributed by atoms with Crippen molar-refractivity contribution in [2.75, 3.05) is 17.7 Å². The van der Waals surface area contributed by atoms with Crippen LogP contribution in [0, 0.1) is 0 Å². The zero-order valence-corrected chi connectivity index (χ0v) is 9.69. The number of oxazole rings is 1. The number of nitrogens with two attached hydrogens (primary N) is 1. The number of hydrogen-bond acceptors (Lipinski definition) is 4. The third-order valence-corrected chi connectivity index (χ3v) is 3.57. The van der Waals surface area contributed by atoms with Gasteiger partial charge in [-0.2, -0.15) is 0 Å². The van der Waals surface area contributed by atoms with Gasteiger partial charge in [-0.25, -0.2) is 4.79 Å². The van der Waals surface area contributed by atoms with Crippen molar-refractivity contribution in [2.45, 2.75) is 25.3 Å². The molecule has 17 heavy (non-hydrogen) atoms. The molecule has 1 saturated carbocycles. The maximum absolute atomic E-state index is 11.1. The quantitative estimate of drug-likeness (QED) is 0.774. The highest BCUT2D eigenvalue weighted by atomic mass is 16.4. The lowest BCUT2D eigenvalue weighted by atomic mass is 9.91. The van der Waals surface area contributed by atoms with Gasteiger partial charge in [0.2, 0.25) is 0 Å². The first-order valence-electron chi connectivity index (χ1n) is 5.80. The number of nitrogens with one attached hydrogen (secondary N) is 1. The Kier molecular flexibility index (Phi) is 2.14. The number of aromatic nitrogens is 1. The smallest absolute Gasteiger partial charge is 0.408 e. The van der Waals surface area contributed by atoms with E-state index in [0.717, 1.165) is 5.69 Å². The number of nitrogens with zero attached hydrogens (tertiary/aromatic N) is 1. The number of fused-ring (bicyclic) bond motifs is 1. The van der Waals surface area contributed by atoms with Crippen molar-refractivity contribution in [1.82, 2.24) is 4.98 Å². The normalized spacial score (nSPS) is 16.1. The van der Waals surface area contributed by atoms with Gasteiger partial charge in [-0.15, -0.1) is 0 Å². The lowest BCUT2D eigenvalue weighted by Crippen LogP contribution is -2.37. The van der Waals surface area contributed by atoms with E-state index >= 15 is 0 Å². The Morgan fingerprint density at radius 2 is 2.24 bits per heavy atom. The number of hydrogen-bond donors (Lipinski definition) is 2. The minimum atomic E-state index is -0.442. The van der Waals surface area contributed by atoms with E-state index in [9.17, 15) is 4.79 Å². The van der Waals surface area contributed by atoms with Crippen molar-refractivity contribution in [3.05, 3.63) is 22.7 Å². The van der Waals surface area contributed by atoms with E-state index in [1.807, 2.05) is 13.1 Å². The predicted molar refractivity (Wildman–Crippen MR) is 67.3 cm³/mol. The van der Waals surface area contributed by atoms with Crippen LogP contribution in [0.15, 0.2) is 21.3 Å². The molecule has 1 aromatic heterocycles. The topological polar surface area (TPSA) is 75.3 Å². The van der Waals surface area contributed by atoms with Crippen LogP contribution in [0.1, 0.15) is 19.3 Å². The van der Waals surface area contributed by atoms with Gasteiger partial charge in [0.05, 0.1) is 16.9 Å². The summed E-state index contributed by atoms with van der Waals surface area (Å²) >= 11 is 0. The van der Waals surface area contributed by atoms with Gasteiger partial charge in [0.25, 0.3) is 0 Å². The largest absolute Gasteiger partial charge is 0.417 e. The van der Waals surface area contributed by atoms with Crippen LogP contribution in [0.3, 0.4) is 0 Å². The third kappa shape index (κ3) is 1.58. The maximum Gasteiger partial charge on any atom is 0.417 e. The predicted octanol–water partition coefficient (Wildman–Crippen LogP) is 1.69. The molecule has 0 saturated heterocycles. The van der Waals surface area contributed by atoms with Gasteiger partial charge >= 0.3 is 5.76 Å². The van der Waals surface area contributed by atoms with Crippen LogP contribution in [0.25, 0.3) is 11.1 Å². The van der Waals surface area contributed by atoms with Gasteiger partial charge in [-0.1, -0.05) is 0 Å². The van der Waals surface area contributed by atoms with Crippen molar-refractivity contribution < 1.29 is 4.42 Å². The van der Waals surface area contributed by atoms with E-state index in [1.165, 1.54) is 19.3 Å². The highest BCUT2D eigenvalue weighted by molar-refractivity contribution is 5.85. The first kappa shape index (κ1) is 10.3. The molecule has 0 amide bonds. The number of rotatable bonds is 2. The highest BCUT2D eigenvalue weighted by Crippen LogP contribution is 2.33. The van der Waals surface area contributed by atoms with E-state index in [4.69, 9.17) is 10.2 Å². The monoisotopic (exact) mass is 233 g/mol. The first-order valence-corrected chi connectivity index (χ1v) is 5.80. The van der Waals surface area contributed by atoms with E-state index in [0.29, 0.717) is 22.8 Å². The molecule has 5 nitrogen and oxygen atoms in total. The fourth-order valence-electron chi connectivity index (χ4n) is 2.28. The summed E-state index contributed by atoms with van der Waals surface area (Å²) < 4.78 is 4.97. The van der Waals surface area contributed by atoms with Gasteiger partial charge in [0.1, 0.15) is 0 Å². The van der Waals surface area contributed by atoms with Gasteiger partial charge in [0, 0.05) is 19.2 Å². The number of aromatic amines is 1. The Labute approximate surface area is 98.2 Å². The zero-order chi connectivity index (χ0) is 12.0.